The molecule has 0 aliphatic carbocycles. The molecular formula is C29H25ClF2N2. The van der Waals surface area contributed by atoms with E-state index in [1.165, 1.54) is 29.8 Å². The first-order valence-electron chi connectivity index (χ1n) is 11.4. The van der Waals surface area contributed by atoms with Gasteiger partial charge in [-0.05, 0) is 79.3 Å². The molecule has 0 saturated carbocycles. The van der Waals surface area contributed by atoms with Gasteiger partial charge < -0.3 is 4.57 Å². The van der Waals surface area contributed by atoms with Gasteiger partial charge >= 0.3 is 0 Å². The second-order valence-electron chi connectivity index (χ2n) is 7.98. The van der Waals surface area contributed by atoms with Crippen molar-refractivity contribution in [3.05, 3.63) is 102 Å². The van der Waals surface area contributed by atoms with Crippen molar-refractivity contribution in [2.24, 2.45) is 0 Å². The fourth-order valence-corrected chi connectivity index (χ4v) is 3.99. The molecule has 0 unspecified atom stereocenters. The maximum atomic E-state index is 13.7. The Balaban J connectivity index is 1.78. The summed E-state index contributed by atoms with van der Waals surface area (Å²) in [5.41, 5.74) is 4.43. The van der Waals surface area contributed by atoms with E-state index in [4.69, 9.17) is 16.6 Å². The third-order valence-corrected chi connectivity index (χ3v) is 5.80. The first kappa shape index (κ1) is 23.7. The summed E-state index contributed by atoms with van der Waals surface area (Å²) < 4.78 is 29.4. The van der Waals surface area contributed by atoms with Crippen molar-refractivity contribution < 1.29 is 8.78 Å². The molecule has 172 valence electrons. The highest BCUT2D eigenvalue weighted by molar-refractivity contribution is 6.17. The fraction of sp³-hybridized carbons (Fsp3) is 0.207. The molecular weight excluding hydrogens is 450 g/mol. The van der Waals surface area contributed by atoms with Crippen molar-refractivity contribution in [3.8, 4) is 34.4 Å². The Kier molecular flexibility index (Phi) is 8.12. The first-order valence-corrected chi connectivity index (χ1v) is 11.9. The van der Waals surface area contributed by atoms with Crippen LogP contribution in [0.2, 0.25) is 0 Å². The van der Waals surface area contributed by atoms with Gasteiger partial charge in [0, 0.05) is 30.0 Å². The Morgan fingerprint density at radius 2 is 1.44 bits per heavy atom. The number of aromatic nitrogens is 2. The van der Waals surface area contributed by atoms with E-state index in [-0.39, 0.29) is 11.6 Å². The van der Waals surface area contributed by atoms with Crippen LogP contribution < -0.4 is 0 Å². The number of hydrogen-bond acceptors (Lipinski definition) is 1. The lowest BCUT2D eigenvalue weighted by Crippen LogP contribution is -2.05. The van der Waals surface area contributed by atoms with Crippen LogP contribution in [0.5, 0.6) is 0 Å². The summed E-state index contributed by atoms with van der Waals surface area (Å²) in [5.74, 6) is 6.98. The van der Waals surface area contributed by atoms with Gasteiger partial charge in [0.25, 0.3) is 0 Å². The van der Waals surface area contributed by atoms with Crippen molar-refractivity contribution in [2.45, 2.75) is 32.2 Å². The summed E-state index contributed by atoms with van der Waals surface area (Å²) in [5, 5.41) is 0. The third kappa shape index (κ3) is 5.92. The first-order chi connectivity index (χ1) is 16.7. The van der Waals surface area contributed by atoms with Crippen LogP contribution in [0.4, 0.5) is 8.78 Å². The van der Waals surface area contributed by atoms with Gasteiger partial charge in [0.15, 0.2) is 5.82 Å². The molecule has 34 heavy (non-hydrogen) atoms. The van der Waals surface area contributed by atoms with E-state index in [1.807, 2.05) is 18.2 Å². The van der Waals surface area contributed by atoms with Crippen LogP contribution in [-0.2, 0) is 13.0 Å². The molecule has 1 aromatic heterocycles. The molecule has 5 heteroatoms. The van der Waals surface area contributed by atoms with E-state index in [9.17, 15) is 8.78 Å². The van der Waals surface area contributed by atoms with Crippen molar-refractivity contribution in [2.75, 3.05) is 5.88 Å². The summed E-state index contributed by atoms with van der Waals surface area (Å²) in [6.45, 7) is 0.690. The highest BCUT2D eigenvalue weighted by Gasteiger charge is 2.19. The SMILES string of the molecule is Fc1ccc(-c2nc(C#CCCCCl)n(CCCc3ccccc3)c2-c2ccc(F)cc2)cc1. The molecule has 0 fully saturated rings. The van der Waals surface area contributed by atoms with Gasteiger partial charge in [-0.1, -0.05) is 36.3 Å². The highest BCUT2D eigenvalue weighted by Crippen LogP contribution is 2.33. The molecule has 0 bridgehead atoms. The molecule has 2 nitrogen and oxygen atoms in total. The maximum Gasteiger partial charge on any atom is 0.186 e. The van der Waals surface area contributed by atoms with E-state index in [1.54, 1.807) is 24.3 Å². The zero-order valence-electron chi connectivity index (χ0n) is 18.8. The van der Waals surface area contributed by atoms with Gasteiger partial charge in [-0.2, -0.15) is 0 Å². The largest absolute Gasteiger partial charge is 0.317 e. The number of aryl methyl sites for hydroxylation is 1. The number of hydrogen-bond donors (Lipinski definition) is 0. The number of imidazole rings is 1. The zero-order valence-corrected chi connectivity index (χ0v) is 19.5. The molecule has 3 aromatic carbocycles. The van der Waals surface area contributed by atoms with Gasteiger partial charge in [0.2, 0.25) is 0 Å². The quantitative estimate of drug-likeness (QED) is 0.147. The van der Waals surface area contributed by atoms with Crippen molar-refractivity contribution in [1.82, 2.24) is 9.55 Å². The Morgan fingerprint density at radius 1 is 0.794 bits per heavy atom. The second-order valence-corrected chi connectivity index (χ2v) is 8.36. The van der Waals surface area contributed by atoms with Gasteiger partial charge in [0.1, 0.15) is 11.6 Å². The average Bonchev–Trinajstić information content (AvgIpc) is 3.22. The third-order valence-electron chi connectivity index (χ3n) is 5.53. The predicted molar refractivity (Wildman–Crippen MR) is 135 cm³/mol. The average molecular weight is 475 g/mol. The lowest BCUT2D eigenvalue weighted by Gasteiger charge is -2.12. The van der Waals surface area contributed by atoms with Gasteiger partial charge in [-0.3, -0.25) is 0 Å². The van der Waals surface area contributed by atoms with Crippen LogP contribution in [0.25, 0.3) is 22.5 Å². The minimum Gasteiger partial charge on any atom is -0.317 e. The van der Waals surface area contributed by atoms with E-state index < -0.39 is 0 Å². The van der Waals surface area contributed by atoms with E-state index in [0.29, 0.717) is 30.4 Å². The number of halogens is 3. The lowest BCUT2D eigenvalue weighted by atomic mass is 10.0. The molecule has 4 aromatic rings. The van der Waals surface area contributed by atoms with Crippen LogP contribution in [0.15, 0.2) is 78.9 Å². The number of benzene rings is 3. The summed E-state index contributed by atoms with van der Waals surface area (Å²) >= 11 is 5.81. The predicted octanol–water partition coefficient (Wildman–Crippen LogP) is 7.50. The number of nitrogens with zero attached hydrogens (tertiary/aromatic N) is 2. The van der Waals surface area contributed by atoms with Crippen LogP contribution in [0, 0.1) is 23.5 Å². The minimum atomic E-state index is -0.310. The molecule has 0 aliphatic rings. The molecule has 1 heterocycles. The van der Waals surface area contributed by atoms with Gasteiger partial charge in [-0.15, -0.1) is 11.6 Å². The van der Waals surface area contributed by atoms with Gasteiger partial charge in [0.05, 0.1) is 11.4 Å². The molecule has 0 radical (unpaired) electrons. The number of alkyl halides is 1. The normalized spacial score (nSPS) is 10.7. The Bertz CT molecular complexity index is 1270. The summed E-state index contributed by atoms with van der Waals surface area (Å²) in [7, 11) is 0. The Labute approximate surface area is 204 Å². The smallest absolute Gasteiger partial charge is 0.186 e. The Hall–Kier alpha value is -3.42. The van der Waals surface area contributed by atoms with Crippen LogP contribution in [0.3, 0.4) is 0 Å². The molecule has 0 amide bonds. The van der Waals surface area contributed by atoms with Crippen molar-refractivity contribution in [3.63, 3.8) is 0 Å². The van der Waals surface area contributed by atoms with Crippen LogP contribution in [-0.4, -0.2) is 15.4 Å². The number of unbranched alkanes of at least 4 members (excludes halogenated alkanes) is 1. The molecule has 4 rings (SSSR count). The Morgan fingerprint density at radius 3 is 2.09 bits per heavy atom. The summed E-state index contributed by atoms with van der Waals surface area (Å²) in [4.78, 5) is 4.87. The molecule has 0 atom stereocenters. The summed E-state index contributed by atoms with van der Waals surface area (Å²) in [6, 6.07) is 23.0. The monoisotopic (exact) mass is 474 g/mol. The zero-order chi connectivity index (χ0) is 23.8. The molecule has 0 aliphatic heterocycles. The molecule has 0 N–H and O–H groups in total. The van der Waals surface area contributed by atoms with Crippen molar-refractivity contribution >= 4 is 11.6 Å². The number of rotatable bonds is 8. The second kappa shape index (κ2) is 11.6. The van der Waals surface area contributed by atoms with E-state index >= 15 is 0 Å². The van der Waals surface area contributed by atoms with Crippen LogP contribution >= 0.6 is 11.6 Å². The maximum absolute atomic E-state index is 13.7. The van der Waals surface area contributed by atoms with Gasteiger partial charge in [-0.25, -0.2) is 13.8 Å². The van der Waals surface area contributed by atoms with Crippen LogP contribution in [0.1, 0.15) is 30.7 Å². The highest BCUT2D eigenvalue weighted by atomic mass is 35.5. The van der Waals surface area contributed by atoms with E-state index in [2.05, 4.69) is 28.5 Å². The van der Waals surface area contributed by atoms with E-state index in [0.717, 1.165) is 36.1 Å². The standard InChI is InChI=1S/C29H25ClF2N2/c30-20-6-2-5-11-27-33-28(23-12-16-25(31)17-13-23)29(24-14-18-26(32)19-15-24)34(27)21-7-10-22-8-3-1-4-9-22/h1,3-4,8-9,12-19H,2,6-7,10,20-21H2. The lowest BCUT2D eigenvalue weighted by molar-refractivity contribution is 0.626. The minimum absolute atomic E-state index is 0.302. The fourth-order valence-electron chi connectivity index (χ4n) is 3.86. The summed E-state index contributed by atoms with van der Waals surface area (Å²) in [6.07, 6.45) is 3.28. The van der Waals surface area contributed by atoms with Crippen molar-refractivity contribution in [1.29, 1.82) is 0 Å². The molecule has 0 spiro atoms. The molecule has 0 saturated heterocycles. The topological polar surface area (TPSA) is 17.8 Å².